The molecule has 0 amide bonds. The fourth-order valence-electron chi connectivity index (χ4n) is 1.94. The maximum absolute atomic E-state index is 13.9. The van der Waals surface area contributed by atoms with Crippen LogP contribution in [-0.2, 0) is 12.1 Å². The topological polar surface area (TPSA) is 0 Å². The Bertz CT molecular complexity index is 399. The number of rotatable bonds is 0. The molecule has 0 aliphatic heterocycles. The highest BCUT2D eigenvalue weighted by molar-refractivity contribution is 9.10. The van der Waals surface area contributed by atoms with E-state index in [4.69, 9.17) is 0 Å². The van der Waals surface area contributed by atoms with E-state index in [2.05, 4.69) is 15.9 Å². The predicted octanol–water partition coefficient (Wildman–Crippen LogP) is 4.12. The Balaban J connectivity index is 2.62. The zero-order chi connectivity index (χ0) is 11.3. The zero-order valence-corrected chi connectivity index (χ0v) is 9.12. The zero-order valence-electron chi connectivity index (χ0n) is 7.54. The summed E-state index contributed by atoms with van der Waals surface area (Å²) in [4.78, 5) is 0. The smallest absolute Gasteiger partial charge is 0.228 e. The van der Waals surface area contributed by atoms with Gasteiger partial charge in [0.2, 0.25) is 5.67 Å². The molecule has 1 aromatic rings. The molecule has 0 bridgehead atoms. The van der Waals surface area contributed by atoms with Gasteiger partial charge in [-0.05, 0) is 24.5 Å². The van der Waals surface area contributed by atoms with Crippen LogP contribution in [-0.4, -0.2) is 6.18 Å². The van der Waals surface area contributed by atoms with Crippen LogP contribution in [0.1, 0.15) is 17.5 Å². The number of alkyl halides is 4. The van der Waals surface area contributed by atoms with Gasteiger partial charge in [0, 0.05) is 10.0 Å². The quantitative estimate of drug-likeness (QED) is 0.628. The Morgan fingerprint density at radius 2 is 1.93 bits per heavy atom. The number of hydrogen-bond donors (Lipinski definition) is 0. The summed E-state index contributed by atoms with van der Waals surface area (Å²) >= 11 is 2.98. The second-order valence-electron chi connectivity index (χ2n) is 3.57. The first-order valence-electron chi connectivity index (χ1n) is 4.40. The predicted molar refractivity (Wildman–Crippen MR) is 51.3 cm³/mol. The van der Waals surface area contributed by atoms with Crippen molar-refractivity contribution >= 4 is 15.9 Å². The van der Waals surface area contributed by atoms with E-state index < -0.39 is 18.3 Å². The number of aryl methyl sites for hydroxylation is 1. The third-order valence-electron chi connectivity index (χ3n) is 2.68. The second-order valence-corrected chi connectivity index (χ2v) is 4.43. The van der Waals surface area contributed by atoms with Gasteiger partial charge in [-0.2, -0.15) is 13.2 Å². The average molecular weight is 283 g/mol. The van der Waals surface area contributed by atoms with Crippen molar-refractivity contribution in [2.45, 2.75) is 24.7 Å². The Morgan fingerprint density at radius 3 is 2.53 bits per heavy atom. The molecule has 1 atom stereocenters. The van der Waals surface area contributed by atoms with Crippen LogP contribution in [0.3, 0.4) is 0 Å². The van der Waals surface area contributed by atoms with Gasteiger partial charge in [-0.25, -0.2) is 4.39 Å². The molecule has 1 unspecified atom stereocenters. The monoisotopic (exact) mass is 282 g/mol. The van der Waals surface area contributed by atoms with Gasteiger partial charge in [0.15, 0.2) is 0 Å². The van der Waals surface area contributed by atoms with E-state index >= 15 is 0 Å². The van der Waals surface area contributed by atoms with Crippen LogP contribution in [0.5, 0.6) is 0 Å². The van der Waals surface area contributed by atoms with Crippen molar-refractivity contribution in [3.05, 3.63) is 33.8 Å². The van der Waals surface area contributed by atoms with E-state index in [9.17, 15) is 17.6 Å². The molecule has 0 N–H and O–H groups in total. The highest BCUT2D eigenvalue weighted by atomic mass is 79.9. The first kappa shape index (κ1) is 10.9. The van der Waals surface area contributed by atoms with Gasteiger partial charge in [0.05, 0.1) is 0 Å². The summed E-state index contributed by atoms with van der Waals surface area (Å²) in [7, 11) is 0. The summed E-state index contributed by atoms with van der Waals surface area (Å²) in [5.74, 6) is 0. The molecule has 2 rings (SSSR count). The molecule has 1 aromatic carbocycles. The lowest BCUT2D eigenvalue weighted by molar-refractivity contribution is -0.235. The van der Waals surface area contributed by atoms with Gasteiger partial charge in [0.25, 0.3) is 0 Å². The van der Waals surface area contributed by atoms with E-state index in [0.717, 1.165) is 0 Å². The number of benzene rings is 1. The summed E-state index contributed by atoms with van der Waals surface area (Å²) in [5.41, 5.74) is -3.01. The minimum absolute atomic E-state index is 0.130. The van der Waals surface area contributed by atoms with E-state index in [1.807, 2.05) is 0 Å². The van der Waals surface area contributed by atoms with Gasteiger partial charge in [-0.1, -0.05) is 28.1 Å². The Kier molecular flexibility index (Phi) is 2.33. The summed E-state index contributed by atoms with van der Waals surface area (Å²) in [6.45, 7) is 0. The lowest BCUT2D eigenvalue weighted by atomic mass is 9.97. The van der Waals surface area contributed by atoms with Gasteiger partial charge in [0.1, 0.15) is 0 Å². The van der Waals surface area contributed by atoms with Crippen molar-refractivity contribution in [2.24, 2.45) is 0 Å². The molecule has 15 heavy (non-hydrogen) atoms. The first-order chi connectivity index (χ1) is 6.86. The third kappa shape index (κ3) is 1.48. The van der Waals surface area contributed by atoms with Gasteiger partial charge < -0.3 is 0 Å². The van der Waals surface area contributed by atoms with Crippen LogP contribution >= 0.6 is 15.9 Å². The molecular weight excluding hydrogens is 276 g/mol. The van der Waals surface area contributed by atoms with Crippen LogP contribution in [0, 0.1) is 0 Å². The lowest BCUT2D eigenvalue weighted by Gasteiger charge is -2.24. The van der Waals surface area contributed by atoms with Crippen molar-refractivity contribution in [1.82, 2.24) is 0 Å². The molecule has 5 heteroatoms. The van der Waals surface area contributed by atoms with Crippen LogP contribution in [0.25, 0.3) is 0 Å². The number of fused-ring (bicyclic) bond motifs is 1. The van der Waals surface area contributed by atoms with E-state index in [1.54, 1.807) is 6.07 Å². The highest BCUT2D eigenvalue weighted by Gasteiger charge is 2.60. The molecule has 0 saturated heterocycles. The Morgan fingerprint density at radius 1 is 1.27 bits per heavy atom. The SMILES string of the molecule is FC(F)(F)C1(F)CCc2cccc(Br)c21. The summed E-state index contributed by atoms with van der Waals surface area (Å²) in [6.07, 6.45) is -5.23. The van der Waals surface area contributed by atoms with Gasteiger partial charge >= 0.3 is 6.18 Å². The number of hydrogen-bond acceptors (Lipinski definition) is 0. The van der Waals surface area contributed by atoms with Crippen LogP contribution in [0.2, 0.25) is 0 Å². The molecule has 1 aliphatic rings. The Labute approximate surface area is 92.4 Å². The molecule has 0 fully saturated rings. The average Bonchev–Trinajstić information content (AvgIpc) is 2.45. The minimum Gasteiger partial charge on any atom is -0.228 e. The largest absolute Gasteiger partial charge is 0.426 e. The van der Waals surface area contributed by atoms with Crippen molar-refractivity contribution in [2.75, 3.05) is 0 Å². The van der Waals surface area contributed by atoms with Crippen molar-refractivity contribution < 1.29 is 17.6 Å². The van der Waals surface area contributed by atoms with Crippen molar-refractivity contribution in [1.29, 1.82) is 0 Å². The Hall–Kier alpha value is -0.580. The molecule has 0 aromatic heterocycles. The molecule has 0 radical (unpaired) electrons. The van der Waals surface area contributed by atoms with E-state index in [1.165, 1.54) is 12.1 Å². The molecule has 0 nitrogen and oxygen atoms in total. The van der Waals surface area contributed by atoms with E-state index in [0.29, 0.717) is 5.56 Å². The fourth-order valence-corrected chi connectivity index (χ4v) is 2.66. The fraction of sp³-hybridized carbons (Fsp3) is 0.400. The number of halogens is 5. The molecule has 82 valence electrons. The molecular formula is C10H7BrF4. The highest BCUT2D eigenvalue weighted by Crippen LogP contribution is 2.53. The van der Waals surface area contributed by atoms with Crippen molar-refractivity contribution in [3.8, 4) is 0 Å². The van der Waals surface area contributed by atoms with Gasteiger partial charge in [-0.3, -0.25) is 0 Å². The summed E-state index contributed by atoms with van der Waals surface area (Å²) in [6, 6.07) is 4.59. The minimum atomic E-state index is -4.85. The molecule has 1 aliphatic carbocycles. The molecule has 0 heterocycles. The van der Waals surface area contributed by atoms with Crippen molar-refractivity contribution in [3.63, 3.8) is 0 Å². The standard InChI is InChI=1S/C10H7BrF4/c11-7-3-1-2-6-4-5-9(12,8(6)7)10(13,14)15/h1-3H,4-5H2. The first-order valence-corrected chi connectivity index (χ1v) is 5.19. The lowest BCUT2D eigenvalue weighted by Crippen LogP contribution is -2.36. The van der Waals surface area contributed by atoms with Gasteiger partial charge in [-0.15, -0.1) is 0 Å². The van der Waals surface area contributed by atoms with Crippen LogP contribution in [0.4, 0.5) is 17.6 Å². The maximum Gasteiger partial charge on any atom is 0.426 e. The maximum atomic E-state index is 13.9. The molecule has 0 saturated carbocycles. The summed E-state index contributed by atoms with van der Waals surface area (Å²) in [5, 5.41) is 0. The van der Waals surface area contributed by atoms with Crippen LogP contribution < -0.4 is 0 Å². The third-order valence-corrected chi connectivity index (χ3v) is 3.35. The van der Waals surface area contributed by atoms with Crippen LogP contribution in [0.15, 0.2) is 22.7 Å². The summed E-state index contributed by atoms with van der Waals surface area (Å²) < 4.78 is 51.9. The molecule has 0 spiro atoms. The normalized spacial score (nSPS) is 25.4. The second kappa shape index (κ2) is 3.20. The van der Waals surface area contributed by atoms with E-state index in [-0.39, 0.29) is 16.5 Å².